The normalized spacial score (nSPS) is 11.2. The third-order valence-electron chi connectivity index (χ3n) is 6.47. The zero-order valence-corrected chi connectivity index (χ0v) is 21.5. The number of unbranched alkanes of at least 4 members (excludes halogenated alkanes) is 13. The monoisotopic (exact) mass is 445 g/mol. The molecule has 0 radical (unpaired) electrons. The fourth-order valence-electron chi connectivity index (χ4n) is 4.06. The highest BCUT2D eigenvalue weighted by Crippen LogP contribution is 2.15. The SMILES string of the molecule is C=C(C)C(=O)OCC[N+](CC)(CC)CCCCCCCCCCCCCCCC.[Cl-]. The summed E-state index contributed by atoms with van der Waals surface area (Å²) in [6.45, 7) is 17.0. The molecule has 0 saturated carbocycles. The molecule has 3 nitrogen and oxygen atoms in total. The summed E-state index contributed by atoms with van der Waals surface area (Å²) in [5.41, 5.74) is 0.489. The minimum atomic E-state index is -0.258. The number of rotatable bonds is 21. The molecule has 4 heteroatoms. The fraction of sp³-hybridized carbons (Fsp3) is 0.885. The number of hydrogen-bond acceptors (Lipinski definition) is 2. The molecule has 0 fully saturated rings. The van der Waals surface area contributed by atoms with E-state index in [0.717, 1.165) is 24.1 Å². The number of nitrogens with zero attached hydrogens (tertiary/aromatic N) is 1. The molecular weight excluding hydrogens is 394 g/mol. The molecule has 0 aromatic carbocycles. The van der Waals surface area contributed by atoms with Crippen LogP contribution in [0, 0.1) is 0 Å². The van der Waals surface area contributed by atoms with Gasteiger partial charge in [0.25, 0.3) is 0 Å². The van der Waals surface area contributed by atoms with Gasteiger partial charge in [-0.3, -0.25) is 0 Å². The second kappa shape index (κ2) is 21.7. The molecule has 0 unspecified atom stereocenters. The Hall–Kier alpha value is -0.540. The first-order valence-electron chi connectivity index (χ1n) is 12.7. The van der Waals surface area contributed by atoms with Crippen LogP contribution in [0.2, 0.25) is 0 Å². The van der Waals surface area contributed by atoms with Crippen LogP contribution in [0.5, 0.6) is 0 Å². The van der Waals surface area contributed by atoms with Crippen LogP contribution >= 0.6 is 0 Å². The summed E-state index contributed by atoms with van der Waals surface area (Å²) >= 11 is 0. The number of carbonyl (C=O) groups excluding carboxylic acids is 1. The number of carbonyl (C=O) groups is 1. The van der Waals surface area contributed by atoms with Crippen LogP contribution < -0.4 is 12.4 Å². The van der Waals surface area contributed by atoms with Crippen molar-refractivity contribution in [1.82, 2.24) is 0 Å². The van der Waals surface area contributed by atoms with E-state index in [1.165, 1.54) is 96.4 Å². The van der Waals surface area contributed by atoms with Crippen molar-refractivity contribution in [3.8, 4) is 0 Å². The van der Waals surface area contributed by atoms with E-state index in [-0.39, 0.29) is 18.4 Å². The highest BCUT2D eigenvalue weighted by atomic mass is 35.5. The molecule has 0 N–H and O–H groups in total. The topological polar surface area (TPSA) is 26.3 Å². The maximum Gasteiger partial charge on any atom is 0.333 e. The van der Waals surface area contributed by atoms with Crippen molar-refractivity contribution in [2.75, 3.05) is 32.8 Å². The summed E-state index contributed by atoms with van der Waals surface area (Å²) in [6, 6.07) is 0. The van der Waals surface area contributed by atoms with Gasteiger partial charge in [0, 0.05) is 5.57 Å². The number of quaternary nitrogens is 1. The summed E-state index contributed by atoms with van der Waals surface area (Å²) in [7, 11) is 0. The van der Waals surface area contributed by atoms with Gasteiger partial charge in [0.1, 0.15) is 13.2 Å². The van der Waals surface area contributed by atoms with Crippen molar-refractivity contribution in [3.05, 3.63) is 12.2 Å². The van der Waals surface area contributed by atoms with Crippen LogP contribution in [0.1, 0.15) is 118 Å². The Morgan fingerprint density at radius 3 is 1.47 bits per heavy atom. The van der Waals surface area contributed by atoms with E-state index < -0.39 is 0 Å². The van der Waals surface area contributed by atoms with Crippen molar-refractivity contribution in [2.24, 2.45) is 0 Å². The van der Waals surface area contributed by atoms with E-state index in [0.29, 0.717) is 12.2 Å². The molecule has 0 saturated heterocycles. The second-order valence-corrected chi connectivity index (χ2v) is 8.93. The summed E-state index contributed by atoms with van der Waals surface area (Å²) in [6.07, 6.45) is 19.6. The largest absolute Gasteiger partial charge is 1.00 e. The molecule has 0 rings (SSSR count). The summed E-state index contributed by atoms with van der Waals surface area (Å²) in [5, 5.41) is 0. The molecule has 0 aliphatic carbocycles. The minimum Gasteiger partial charge on any atom is -1.00 e. The molecule has 0 heterocycles. The van der Waals surface area contributed by atoms with Gasteiger partial charge in [0.05, 0.1) is 19.6 Å². The van der Waals surface area contributed by atoms with Crippen molar-refractivity contribution in [3.63, 3.8) is 0 Å². The fourth-order valence-corrected chi connectivity index (χ4v) is 4.06. The molecule has 0 bridgehead atoms. The molecule has 0 spiro atoms. The molecule has 30 heavy (non-hydrogen) atoms. The zero-order valence-electron chi connectivity index (χ0n) is 20.8. The van der Waals surface area contributed by atoms with Gasteiger partial charge in [-0.2, -0.15) is 0 Å². The minimum absolute atomic E-state index is 0. The maximum atomic E-state index is 11.6. The Bertz CT molecular complexity index is 408. The van der Waals surface area contributed by atoms with Gasteiger partial charge >= 0.3 is 5.97 Å². The van der Waals surface area contributed by atoms with Crippen LogP contribution in [0.15, 0.2) is 12.2 Å². The van der Waals surface area contributed by atoms with E-state index in [4.69, 9.17) is 4.74 Å². The average Bonchev–Trinajstić information content (AvgIpc) is 2.72. The number of ether oxygens (including phenoxy) is 1. The van der Waals surface area contributed by atoms with E-state index >= 15 is 0 Å². The van der Waals surface area contributed by atoms with Crippen LogP contribution in [0.3, 0.4) is 0 Å². The van der Waals surface area contributed by atoms with Gasteiger partial charge in [-0.25, -0.2) is 4.79 Å². The van der Waals surface area contributed by atoms with Gasteiger partial charge in [-0.05, 0) is 33.6 Å². The predicted octanol–water partition coefficient (Wildman–Crippen LogP) is 4.45. The number of halogens is 1. The van der Waals surface area contributed by atoms with Crippen molar-refractivity contribution >= 4 is 5.97 Å². The molecular formula is C26H52ClNO2. The summed E-state index contributed by atoms with van der Waals surface area (Å²) in [4.78, 5) is 11.6. The number of hydrogen-bond donors (Lipinski definition) is 0. The third-order valence-corrected chi connectivity index (χ3v) is 6.47. The molecule has 0 atom stereocenters. The first kappa shape index (κ1) is 31.6. The van der Waals surface area contributed by atoms with Gasteiger partial charge in [0.15, 0.2) is 0 Å². The molecule has 0 aliphatic heterocycles. The van der Waals surface area contributed by atoms with Crippen molar-refractivity contribution in [1.29, 1.82) is 0 Å². The van der Waals surface area contributed by atoms with Crippen LogP contribution in [-0.4, -0.2) is 43.2 Å². The van der Waals surface area contributed by atoms with E-state index in [9.17, 15) is 4.79 Å². The molecule has 0 aromatic rings. The molecule has 0 amide bonds. The van der Waals surface area contributed by atoms with Crippen molar-refractivity contribution < 1.29 is 26.4 Å². The lowest BCUT2D eigenvalue weighted by molar-refractivity contribution is -0.925. The lowest BCUT2D eigenvalue weighted by Crippen LogP contribution is -3.00. The van der Waals surface area contributed by atoms with Gasteiger partial charge < -0.3 is 21.6 Å². The predicted molar refractivity (Wildman–Crippen MR) is 127 cm³/mol. The highest BCUT2D eigenvalue weighted by molar-refractivity contribution is 5.86. The van der Waals surface area contributed by atoms with E-state index in [2.05, 4.69) is 27.4 Å². The smallest absolute Gasteiger partial charge is 0.333 e. The first-order chi connectivity index (χ1) is 14.0. The van der Waals surface area contributed by atoms with Crippen LogP contribution in [-0.2, 0) is 9.53 Å². The number of esters is 1. The highest BCUT2D eigenvalue weighted by Gasteiger charge is 2.23. The van der Waals surface area contributed by atoms with E-state index in [1.807, 2.05) is 0 Å². The Morgan fingerprint density at radius 2 is 1.10 bits per heavy atom. The lowest BCUT2D eigenvalue weighted by atomic mass is 10.0. The van der Waals surface area contributed by atoms with E-state index in [1.54, 1.807) is 6.92 Å². The number of likely N-dealkylation sites (N-methyl/N-ethyl adjacent to an activating group) is 1. The van der Waals surface area contributed by atoms with Gasteiger partial charge in [0.2, 0.25) is 0 Å². The molecule has 0 aromatic heterocycles. The summed E-state index contributed by atoms with van der Waals surface area (Å²) in [5.74, 6) is -0.258. The maximum absolute atomic E-state index is 11.6. The standard InChI is InChI=1S/C26H52NO2.ClH/c1-6-9-10-11-12-13-14-15-16-17-18-19-20-21-22-27(7-2,8-3)23-24-29-26(28)25(4)5;/h4,6-24H2,1-3,5H3;1H/q+1;/p-1. The average molecular weight is 446 g/mol. The summed E-state index contributed by atoms with van der Waals surface area (Å²) < 4.78 is 6.39. The molecule has 180 valence electrons. The molecule has 0 aliphatic rings. The van der Waals surface area contributed by atoms with Crippen LogP contribution in [0.4, 0.5) is 0 Å². The quantitative estimate of drug-likeness (QED) is 0.113. The van der Waals surface area contributed by atoms with Gasteiger partial charge in [-0.15, -0.1) is 0 Å². The Kier molecular flexibility index (Phi) is 22.9. The van der Waals surface area contributed by atoms with Crippen LogP contribution in [0.25, 0.3) is 0 Å². The Labute approximate surface area is 195 Å². The second-order valence-electron chi connectivity index (χ2n) is 8.93. The first-order valence-corrected chi connectivity index (χ1v) is 12.7. The third kappa shape index (κ3) is 17.2. The van der Waals surface area contributed by atoms with Gasteiger partial charge in [-0.1, -0.05) is 90.6 Å². The Balaban J connectivity index is 0. The lowest BCUT2D eigenvalue weighted by Gasteiger charge is -2.36. The van der Waals surface area contributed by atoms with Crippen molar-refractivity contribution in [2.45, 2.75) is 118 Å². The Morgan fingerprint density at radius 1 is 0.700 bits per heavy atom. The zero-order chi connectivity index (χ0) is 21.8.